The van der Waals surface area contributed by atoms with Gasteiger partial charge in [-0.05, 0) is 37.1 Å². The summed E-state index contributed by atoms with van der Waals surface area (Å²) in [5.41, 5.74) is 1.62. The van der Waals surface area contributed by atoms with Gasteiger partial charge in [-0.1, -0.05) is 0 Å². The number of anilines is 1. The molecular formula is C11H12N2O. The van der Waals surface area contributed by atoms with Crippen molar-refractivity contribution < 1.29 is 5.11 Å². The van der Waals surface area contributed by atoms with Crippen LogP contribution in [-0.2, 0) is 0 Å². The maximum atomic E-state index is 9.35. The summed E-state index contributed by atoms with van der Waals surface area (Å²) in [6.07, 6.45) is 1.68. The first-order valence-electron chi connectivity index (χ1n) is 4.74. The molecule has 0 aromatic heterocycles. The van der Waals surface area contributed by atoms with Gasteiger partial charge in [-0.2, -0.15) is 5.26 Å². The molecule has 3 nitrogen and oxygen atoms in total. The summed E-state index contributed by atoms with van der Waals surface area (Å²) in [4.78, 5) is 0. The van der Waals surface area contributed by atoms with Gasteiger partial charge in [0.15, 0.2) is 0 Å². The quantitative estimate of drug-likeness (QED) is 0.739. The van der Waals surface area contributed by atoms with Crippen molar-refractivity contribution in [1.82, 2.24) is 0 Å². The molecule has 1 aliphatic carbocycles. The van der Waals surface area contributed by atoms with E-state index in [0.29, 0.717) is 5.56 Å². The maximum absolute atomic E-state index is 9.35. The Labute approximate surface area is 83.0 Å². The van der Waals surface area contributed by atoms with Gasteiger partial charge in [-0.15, -0.1) is 0 Å². The van der Waals surface area contributed by atoms with Gasteiger partial charge < -0.3 is 10.4 Å². The van der Waals surface area contributed by atoms with Gasteiger partial charge in [0.05, 0.1) is 23.8 Å². The molecule has 0 unspecified atom stereocenters. The van der Waals surface area contributed by atoms with Crippen molar-refractivity contribution in [2.45, 2.75) is 25.0 Å². The largest absolute Gasteiger partial charge is 0.391 e. The molecule has 1 saturated carbocycles. The normalized spacial score (nSPS) is 24.9. The summed E-state index contributed by atoms with van der Waals surface area (Å²) in [6, 6.07) is 9.52. The molecule has 2 atom stereocenters. The van der Waals surface area contributed by atoms with Crippen LogP contribution in [0.15, 0.2) is 24.3 Å². The number of hydrogen-bond donors (Lipinski definition) is 2. The molecule has 1 aromatic rings. The predicted octanol–water partition coefficient (Wildman–Crippen LogP) is 1.49. The Kier molecular flexibility index (Phi) is 2.38. The number of aliphatic hydroxyl groups is 1. The van der Waals surface area contributed by atoms with Crippen LogP contribution in [0.25, 0.3) is 0 Å². The topological polar surface area (TPSA) is 56.0 Å². The molecule has 0 aliphatic heterocycles. The molecule has 0 saturated heterocycles. The summed E-state index contributed by atoms with van der Waals surface area (Å²) < 4.78 is 0. The molecular weight excluding hydrogens is 176 g/mol. The van der Waals surface area contributed by atoms with Crippen LogP contribution in [0, 0.1) is 11.3 Å². The highest BCUT2D eigenvalue weighted by Crippen LogP contribution is 2.23. The van der Waals surface area contributed by atoms with Crippen molar-refractivity contribution in [2.24, 2.45) is 0 Å². The lowest BCUT2D eigenvalue weighted by Gasteiger charge is -2.33. The fourth-order valence-electron chi connectivity index (χ4n) is 1.51. The van der Waals surface area contributed by atoms with E-state index in [1.165, 1.54) is 0 Å². The van der Waals surface area contributed by atoms with E-state index in [1.807, 2.05) is 12.1 Å². The smallest absolute Gasteiger partial charge is 0.0991 e. The fraction of sp³-hybridized carbons (Fsp3) is 0.364. The zero-order valence-corrected chi connectivity index (χ0v) is 7.77. The van der Waals surface area contributed by atoms with E-state index in [0.717, 1.165) is 18.5 Å². The zero-order chi connectivity index (χ0) is 9.97. The minimum absolute atomic E-state index is 0.183. The Morgan fingerprint density at radius 3 is 2.43 bits per heavy atom. The highest BCUT2D eigenvalue weighted by atomic mass is 16.3. The number of nitrogens with zero attached hydrogens (tertiary/aromatic N) is 1. The predicted molar refractivity (Wildman–Crippen MR) is 53.8 cm³/mol. The molecule has 3 heteroatoms. The van der Waals surface area contributed by atoms with Crippen LogP contribution in [0.2, 0.25) is 0 Å². The van der Waals surface area contributed by atoms with Crippen molar-refractivity contribution in [1.29, 1.82) is 5.26 Å². The van der Waals surface area contributed by atoms with Gasteiger partial charge in [0, 0.05) is 5.69 Å². The summed E-state index contributed by atoms with van der Waals surface area (Å²) in [6.45, 7) is 0. The summed E-state index contributed by atoms with van der Waals surface area (Å²) in [5, 5.41) is 21.2. The fourth-order valence-corrected chi connectivity index (χ4v) is 1.51. The van der Waals surface area contributed by atoms with E-state index in [2.05, 4.69) is 11.4 Å². The molecule has 0 bridgehead atoms. The van der Waals surface area contributed by atoms with Crippen LogP contribution in [0.3, 0.4) is 0 Å². The van der Waals surface area contributed by atoms with Crippen LogP contribution < -0.4 is 5.32 Å². The van der Waals surface area contributed by atoms with E-state index in [9.17, 15) is 5.11 Å². The number of aliphatic hydroxyl groups excluding tert-OH is 1. The van der Waals surface area contributed by atoms with Crippen LogP contribution in [-0.4, -0.2) is 17.3 Å². The highest BCUT2D eigenvalue weighted by Gasteiger charge is 2.28. The van der Waals surface area contributed by atoms with Crippen molar-refractivity contribution in [2.75, 3.05) is 5.32 Å². The number of nitrogens with one attached hydrogen (secondary N) is 1. The summed E-state index contributed by atoms with van der Waals surface area (Å²) >= 11 is 0. The van der Waals surface area contributed by atoms with Crippen molar-refractivity contribution in [3.05, 3.63) is 29.8 Å². The lowest BCUT2D eigenvalue weighted by atomic mass is 9.89. The minimum atomic E-state index is -0.217. The Morgan fingerprint density at radius 1 is 1.29 bits per heavy atom. The SMILES string of the molecule is N#Cc1ccc(N[C@H]2CC[C@@H]2O)cc1. The molecule has 2 N–H and O–H groups in total. The Hall–Kier alpha value is -1.53. The van der Waals surface area contributed by atoms with E-state index in [4.69, 9.17) is 5.26 Å². The molecule has 0 amide bonds. The lowest BCUT2D eigenvalue weighted by Crippen LogP contribution is -2.42. The minimum Gasteiger partial charge on any atom is -0.391 e. The zero-order valence-electron chi connectivity index (χ0n) is 7.77. The van der Waals surface area contributed by atoms with Crippen LogP contribution in [0.4, 0.5) is 5.69 Å². The lowest BCUT2D eigenvalue weighted by molar-refractivity contribution is 0.0786. The third-order valence-corrected chi connectivity index (χ3v) is 2.60. The number of hydrogen-bond acceptors (Lipinski definition) is 3. The first kappa shape index (κ1) is 9.04. The number of nitriles is 1. The van der Waals surface area contributed by atoms with E-state index in [1.54, 1.807) is 12.1 Å². The van der Waals surface area contributed by atoms with E-state index >= 15 is 0 Å². The standard InChI is InChI=1S/C11H12N2O/c12-7-8-1-3-9(4-2-8)13-10-5-6-11(10)14/h1-4,10-11,13-14H,5-6H2/t10-,11-/m0/s1. The molecule has 0 heterocycles. The first-order chi connectivity index (χ1) is 6.79. The second-order valence-electron chi connectivity index (χ2n) is 3.58. The number of benzene rings is 1. The van der Waals surface area contributed by atoms with Gasteiger partial charge in [0.25, 0.3) is 0 Å². The average molecular weight is 188 g/mol. The van der Waals surface area contributed by atoms with Gasteiger partial charge >= 0.3 is 0 Å². The van der Waals surface area contributed by atoms with Gasteiger partial charge in [0.1, 0.15) is 0 Å². The second kappa shape index (κ2) is 3.69. The summed E-state index contributed by atoms with van der Waals surface area (Å²) in [7, 11) is 0. The third-order valence-electron chi connectivity index (χ3n) is 2.60. The Balaban J connectivity index is 2.00. The molecule has 1 aromatic carbocycles. The maximum Gasteiger partial charge on any atom is 0.0991 e. The second-order valence-corrected chi connectivity index (χ2v) is 3.58. The van der Waals surface area contributed by atoms with Gasteiger partial charge in [0.2, 0.25) is 0 Å². The Bertz CT molecular complexity index is 353. The molecule has 0 spiro atoms. The number of rotatable bonds is 2. The summed E-state index contributed by atoms with van der Waals surface area (Å²) in [5.74, 6) is 0. The van der Waals surface area contributed by atoms with Crippen molar-refractivity contribution >= 4 is 5.69 Å². The van der Waals surface area contributed by atoms with Crippen molar-refractivity contribution in [3.63, 3.8) is 0 Å². The van der Waals surface area contributed by atoms with E-state index in [-0.39, 0.29) is 12.1 Å². The molecule has 1 aliphatic rings. The van der Waals surface area contributed by atoms with Crippen LogP contribution in [0.1, 0.15) is 18.4 Å². The molecule has 2 rings (SSSR count). The van der Waals surface area contributed by atoms with Gasteiger partial charge in [-0.3, -0.25) is 0 Å². The average Bonchev–Trinajstić information content (AvgIpc) is 2.24. The van der Waals surface area contributed by atoms with E-state index < -0.39 is 0 Å². The molecule has 0 radical (unpaired) electrons. The van der Waals surface area contributed by atoms with Crippen LogP contribution >= 0.6 is 0 Å². The Morgan fingerprint density at radius 2 is 2.00 bits per heavy atom. The highest BCUT2D eigenvalue weighted by molar-refractivity contribution is 5.48. The molecule has 14 heavy (non-hydrogen) atoms. The monoisotopic (exact) mass is 188 g/mol. The molecule has 72 valence electrons. The third kappa shape index (κ3) is 1.70. The van der Waals surface area contributed by atoms with Gasteiger partial charge in [-0.25, -0.2) is 0 Å². The molecule has 1 fully saturated rings. The van der Waals surface area contributed by atoms with Crippen LogP contribution in [0.5, 0.6) is 0 Å². The van der Waals surface area contributed by atoms with Crippen molar-refractivity contribution in [3.8, 4) is 6.07 Å². The first-order valence-corrected chi connectivity index (χ1v) is 4.74.